The molecule has 0 bridgehead atoms. The lowest BCUT2D eigenvalue weighted by atomic mass is 9.91. The summed E-state index contributed by atoms with van der Waals surface area (Å²) in [5, 5.41) is 13.9. The standard InChI is InChI=1S/C21H33N3O3/c1-16(2)18-8-6-17(7-9-18)14-24-13-5-11-21(27,20(24)26)15-22-12-10-19(25)23(3)4/h6-9,16,22,27H,5,10-15H2,1-4H3. The van der Waals surface area contributed by atoms with Gasteiger partial charge in [0.2, 0.25) is 5.91 Å². The summed E-state index contributed by atoms with van der Waals surface area (Å²) in [7, 11) is 3.43. The van der Waals surface area contributed by atoms with Crippen LogP contribution in [0.2, 0.25) is 0 Å². The number of amides is 2. The number of carbonyl (C=O) groups excluding carboxylic acids is 2. The number of likely N-dealkylation sites (tertiary alicyclic amines) is 1. The number of piperidine rings is 1. The van der Waals surface area contributed by atoms with Gasteiger partial charge in [-0.15, -0.1) is 0 Å². The molecule has 1 saturated heterocycles. The van der Waals surface area contributed by atoms with Gasteiger partial charge in [-0.05, 0) is 29.9 Å². The lowest BCUT2D eigenvalue weighted by molar-refractivity contribution is -0.157. The summed E-state index contributed by atoms with van der Waals surface area (Å²) < 4.78 is 0. The molecule has 0 radical (unpaired) electrons. The van der Waals surface area contributed by atoms with Crippen LogP contribution in [0.3, 0.4) is 0 Å². The van der Waals surface area contributed by atoms with Crippen molar-refractivity contribution in [1.29, 1.82) is 0 Å². The number of aliphatic hydroxyl groups is 1. The van der Waals surface area contributed by atoms with E-state index in [0.29, 0.717) is 38.4 Å². The third-order valence-corrected chi connectivity index (χ3v) is 5.16. The van der Waals surface area contributed by atoms with E-state index in [1.165, 1.54) is 10.5 Å². The Kier molecular flexibility index (Phi) is 7.39. The van der Waals surface area contributed by atoms with Gasteiger partial charge in [-0.1, -0.05) is 38.1 Å². The predicted octanol–water partition coefficient (Wildman–Crippen LogP) is 1.73. The van der Waals surface area contributed by atoms with Gasteiger partial charge in [0.1, 0.15) is 0 Å². The summed E-state index contributed by atoms with van der Waals surface area (Å²) in [6.45, 7) is 6.11. The molecule has 0 saturated carbocycles. The van der Waals surface area contributed by atoms with Gasteiger partial charge in [-0.2, -0.15) is 0 Å². The SMILES string of the molecule is CC(C)c1ccc(CN2CCCC(O)(CNCCC(=O)N(C)C)C2=O)cc1. The van der Waals surface area contributed by atoms with Crippen LogP contribution in [0.4, 0.5) is 0 Å². The zero-order valence-corrected chi connectivity index (χ0v) is 17.0. The maximum atomic E-state index is 12.8. The Balaban J connectivity index is 1.90. The Hall–Kier alpha value is -1.92. The second-order valence-electron chi connectivity index (χ2n) is 7.97. The van der Waals surface area contributed by atoms with E-state index in [-0.39, 0.29) is 18.4 Å². The number of benzene rings is 1. The van der Waals surface area contributed by atoms with E-state index in [1.807, 2.05) is 0 Å². The minimum absolute atomic E-state index is 0.0240. The van der Waals surface area contributed by atoms with E-state index in [0.717, 1.165) is 12.0 Å². The van der Waals surface area contributed by atoms with Gasteiger partial charge in [-0.3, -0.25) is 9.59 Å². The topological polar surface area (TPSA) is 72.9 Å². The van der Waals surface area contributed by atoms with Crippen molar-refractivity contribution in [3.05, 3.63) is 35.4 Å². The molecule has 1 aromatic carbocycles. The molecule has 1 fully saturated rings. The summed E-state index contributed by atoms with van der Waals surface area (Å²) in [5.74, 6) is 0.273. The van der Waals surface area contributed by atoms with E-state index >= 15 is 0 Å². The van der Waals surface area contributed by atoms with Gasteiger partial charge in [0.25, 0.3) is 5.91 Å². The van der Waals surface area contributed by atoms with Crippen molar-refractivity contribution in [2.75, 3.05) is 33.7 Å². The molecule has 2 amide bonds. The summed E-state index contributed by atoms with van der Waals surface area (Å²) in [6.07, 6.45) is 1.57. The zero-order valence-electron chi connectivity index (χ0n) is 17.0. The Morgan fingerprint density at radius 3 is 2.56 bits per heavy atom. The minimum Gasteiger partial charge on any atom is -0.379 e. The Morgan fingerprint density at radius 1 is 1.30 bits per heavy atom. The highest BCUT2D eigenvalue weighted by atomic mass is 16.3. The highest BCUT2D eigenvalue weighted by molar-refractivity contribution is 5.86. The molecule has 1 atom stereocenters. The largest absolute Gasteiger partial charge is 0.379 e. The molecular formula is C21H33N3O3. The van der Waals surface area contributed by atoms with Crippen LogP contribution >= 0.6 is 0 Å². The smallest absolute Gasteiger partial charge is 0.256 e. The average molecular weight is 376 g/mol. The van der Waals surface area contributed by atoms with Crippen molar-refractivity contribution in [2.45, 2.75) is 51.2 Å². The highest BCUT2D eigenvalue weighted by Crippen LogP contribution is 2.24. The lowest BCUT2D eigenvalue weighted by Gasteiger charge is -2.38. The van der Waals surface area contributed by atoms with Crippen molar-refractivity contribution in [3.8, 4) is 0 Å². The van der Waals surface area contributed by atoms with Gasteiger partial charge >= 0.3 is 0 Å². The summed E-state index contributed by atoms with van der Waals surface area (Å²) in [4.78, 5) is 27.7. The molecule has 0 aromatic heterocycles. The van der Waals surface area contributed by atoms with Crippen LogP contribution in [0.15, 0.2) is 24.3 Å². The molecule has 1 aromatic rings. The third kappa shape index (κ3) is 5.78. The summed E-state index contributed by atoms with van der Waals surface area (Å²) in [6, 6.07) is 8.32. The van der Waals surface area contributed by atoms with Crippen LogP contribution in [0.1, 0.15) is 50.2 Å². The van der Waals surface area contributed by atoms with Crippen molar-refractivity contribution in [3.63, 3.8) is 0 Å². The zero-order chi connectivity index (χ0) is 20.0. The van der Waals surface area contributed by atoms with Crippen molar-refractivity contribution >= 4 is 11.8 Å². The van der Waals surface area contributed by atoms with Gasteiger partial charge in [0, 0.05) is 46.7 Å². The first-order valence-electron chi connectivity index (χ1n) is 9.74. The molecular weight excluding hydrogens is 342 g/mol. The Labute approximate surface area is 162 Å². The van der Waals surface area contributed by atoms with Crippen LogP contribution in [0.5, 0.6) is 0 Å². The molecule has 1 heterocycles. The molecule has 6 nitrogen and oxygen atoms in total. The Morgan fingerprint density at radius 2 is 1.96 bits per heavy atom. The fourth-order valence-corrected chi connectivity index (χ4v) is 3.32. The molecule has 150 valence electrons. The second-order valence-corrected chi connectivity index (χ2v) is 7.97. The van der Waals surface area contributed by atoms with E-state index in [1.54, 1.807) is 19.0 Å². The minimum atomic E-state index is -1.39. The second kappa shape index (κ2) is 9.33. The first-order valence-corrected chi connectivity index (χ1v) is 9.74. The molecule has 0 aliphatic carbocycles. The van der Waals surface area contributed by atoms with Gasteiger partial charge in [0.05, 0.1) is 0 Å². The van der Waals surface area contributed by atoms with Crippen LogP contribution in [-0.2, 0) is 16.1 Å². The van der Waals surface area contributed by atoms with E-state index in [4.69, 9.17) is 0 Å². The number of carbonyl (C=O) groups is 2. The van der Waals surface area contributed by atoms with Gasteiger partial charge in [-0.25, -0.2) is 0 Å². The van der Waals surface area contributed by atoms with E-state index in [2.05, 4.69) is 43.4 Å². The third-order valence-electron chi connectivity index (χ3n) is 5.16. The first-order chi connectivity index (χ1) is 12.7. The molecule has 1 aliphatic heterocycles. The number of nitrogens with zero attached hydrogens (tertiary/aromatic N) is 2. The van der Waals surface area contributed by atoms with Crippen LogP contribution in [0.25, 0.3) is 0 Å². The molecule has 1 aliphatic rings. The Bertz CT molecular complexity index is 643. The maximum Gasteiger partial charge on any atom is 0.256 e. The summed E-state index contributed by atoms with van der Waals surface area (Å²) >= 11 is 0. The van der Waals surface area contributed by atoms with Crippen LogP contribution in [-0.4, -0.2) is 66.1 Å². The normalized spacial score (nSPS) is 20.2. The number of rotatable bonds is 8. The fourth-order valence-electron chi connectivity index (χ4n) is 3.32. The molecule has 1 unspecified atom stereocenters. The molecule has 6 heteroatoms. The number of hydrogen-bond acceptors (Lipinski definition) is 4. The predicted molar refractivity (Wildman–Crippen MR) is 106 cm³/mol. The summed E-state index contributed by atoms with van der Waals surface area (Å²) in [5.41, 5.74) is 0.954. The monoisotopic (exact) mass is 375 g/mol. The molecule has 2 N–H and O–H groups in total. The quantitative estimate of drug-likeness (QED) is 0.679. The molecule has 27 heavy (non-hydrogen) atoms. The lowest BCUT2D eigenvalue weighted by Crippen LogP contribution is -2.57. The van der Waals surface area contributed by atoms with E-state index in [9.17, 15) is 14.7 Å². The van der Waals surface area contributed by atoms with Gasteiger partial charge in [0.15, 0.2) is 5.60 Å². The maximum absolute atomic E-state index is 12.8. The van der Waals surface area contributed by atoms with E-state index < -0.39 is 5.60 Å². The van der Waals surface area contributed by atoms with Gasteiger partial charge < -0.3 is 20.2 Å². The van der Waals surface area contributed by atoms with Crippen molar-refractivity contribution < 1.29 is 14.7 Å². The van der Waals surface area contributed by atoms with Crippen LogP contribution < -0.4 is 5.32 Å². The number of nitrogens with one attached hydrogen (secondary N) is 1. The number of hydrogen-bond donors (Lipinski definition) is 2. The molecule has 0 spiro atoms. The molecule has 2 rings (SSSR count). The average Bonchev–Trinajstić information content (AvgIpc) is 2.63. The van der Waals surface area contributed by atoms with Crippen LogP contribution in [0, 0.1) is 0 Å². The fraction of sp³-hybridized carbons (Fsp3) is 0.619. The first kappa shape index (κ1) is 21.4. The highest BCUT2D eigenvalue weighted by Gasteiger charge is 2.41. The van der Waals surface area contributed by atoms with Crippen molar-refractivity contribution in [2.24, 2.45) is 0 Å². The van der Waals surface area contributed by atoms with Crippen molar-refractivity contribution in [1.82, 2.24) is 15.1 Å².